The van der Waals surface area contributed by atoms with Crippen LogP contribution in [-0.4, -0.2) is 52.4 Å². The lowest BCUT2D eigenvalue weighted by Gasteiger charge is -2.38. The van der Waals surface area contributed by atoms with Crippen molar-refractivity contribution < 1.29 is 36.9 Å². The van der Waals surface area contributed by atoms with Gasteiger partial charge in [0.1, 0.15) is 35.0 Å². The number of nitrogens with two attached hydrogens (primary N) is 3. The van der Waals surface area contributed by atoms with Crippen LogP contribution in [0.5, 0.6) is 11.5 Å². The average molecular weight is 660 g/mol. The molecule has 1 saturated carbocycles. The molecule has 8 N–H and O–H groups in total. The maximum Gasteiger partial charge on any atom is 0.420 e. The van der Waals surface area contributed by atoms with E-state index < -0.39 is 53.7 Å². The van der Waals surface area contributed by atoms with Gasteiger partial charge in [0, 0.05) is 29.1 Å². The fraction of sp³-hybridized carbons (Fsp3) is 0.300. The number of aromatic nitrogens is 2. The Bertz CT molecular complexity index is 1850. The van der Waals surface area contributed by atoms with Crippen molar-refractivity contribution in [3.05, 3.63) is 77.5 Å². The number of pyridine rings is 1. The van der Waals surface area contributed by atoms with E-state index >= 15 is 0 Å². The Labute approximate surface area is 263 Å². The van der Waals surface area contributed by atoms with Gasteiger partial charge in [0.2, 0.25) is 5.54 Å². The fourth-order valence-corrected chi connectivity index (χ4v) is 6.50. The van der Waals surface area contributed by atoms with Crippen molar-refractivity contribution in [1.82, 2.24) is 20.3 Å². The lowest BCUT2D eigenvalue weighted by atomic mass is 9.85. The van der Waals surface area contributed by atoms with Crippen LogP contribution < -0.4 is 32.1 Å². The van der Waals surface area contributed by atoms with E-state index in [1.807, 2.05) is 0 Å². The van der Waals surface area contributed by atoms with Gasteiger partial charge < -0.3 is 31.4 Å². The third kappa shape index (κ3) is 5.11. The molecule has 2 aromatic carbocycles. The molecule has 2 atom stereocenters. The highest BCUT2D eigenvalue weighted by Gasteiger charge is 2.64. The molecule has 0 bridgehead atoms. The first-order valence-corrected chi connectivity index (χ1v) is 14.8. The van der Waals surface area contributed by atoms with Gasteiger partial charge in [-0.1, -0.05) is 11.3 Å². The van der Waals surface area contributed by atoms with Crippen molar-refractivity contribution in [1.29, 1.82) is 0 Å². The molecule has 46 heavy (non-hydrogen) atoms. The number of aliphatic hydroxyl groups is 1. The van der Waals surface area contributed by atoms with Gasteiger partial charge in [-0.2, -0.15) is 13.2 Å². The van der Waals surface area contributed by atoms with E-state index in [9.17, 15) is 27.5 Å². The monoisotopic (exact) mass is 659 g/mol. The number of nitrogens with one attached hydrogen (secondary N) is 1. The number of hydrogen-bond donors (Lipinski definition) is 5. The molecule has 11 nitrogen and oxygen atoms in total. The molecule has 3 heterocycles. The van der Waals surface area contributed by atoms with E-state index in [0.29, 0.717) is 33.8 Å². The summed E-state index contributed by atoms with van der Waals surface area (Å²) in [6.07, 6.45) is -2.22. The zero-order valence-electron chi connectivity index (χ0n) is 24.3. The minimum Gasteiger partial charge on any atom is -0.494 e. The number of rotatable bonds is 9. The quantitative estimate of drug-likeness (QED) is 0.101. The van der Waals surface area contributed by atoms with E-state index in [-0.39, 0.29) is 33.4 Å². The second kappa shape index (κ2) is 11.3. The summed E-state index contributed by atoms with van der Waals surface area (Å²) in [5.74, 6) is 4.43. The van der Waals surface area contributed by atoms with E-state index in [0.717, 1.165) is 41.9 Å². The average Bonchev–Trinajstić information content (AvgIpc) is 3.69. The minimum absolute atomic E-state index is 0.0628. The molecule has 6 rings (SSSR count). The summed E-state index contributed by atoms with van der Waals surface area (Å²) in [6.45, 7) is -1.35. The molecule has 1 amide bonds. The van der Waals surface area contributed by atoms with Crippen LogP contribution in [0.25, 0.3) is 21.5 Å². The molecule has 0 radical (unpaired) electrons. The number of alkyl halides is 3. The van der Waals surface area contributed by atoms with Gasteiger partial charge in [-0.3, -0.25) is 9.80 Å². The van der Waals surface area contributed by atoms with Gasteiger partial charge >= 0.3 is 6.18 Å². The number of amides is 1. The Morgan fingerprint density at radius 3 is 2.59 bits per heavy atom. The number of nitrogen functional groups attached to an aromatic ring is 1. The van der Waals surface area contributed by atoms with Crippen LogP contribution in [0.3, 0.4) is 0 Å². The number of halogens is 4. The number of benzene rings is 2. The Kier molecular flexibility index (Phi) is 7.69. The number of anilines is 1. The highest BCUT2D eigenvalue weighted by molar-refractivity contribution is 7.22. The Balaban J connectivity index is 1.45. The summed E-state index contributed by atoms with van der Waals surface area (Å²) in [6, 6.07) is 9.09. The van der Waals surface area contributed by atoms with Crippen LogP contribution in [0.2, 0.25) is 0 Å². The molecule has 4 aromatic rings. The first-order valence-electron chi connectivity index (χ1n) is 14.0. The first kappa shape index (κ1) is 31.3. The lowest BCUT2D eigenvalue weighted by Crippen LogP contribution is -2.58. The van der Waals surface area contributed by atoms with E-state index in [2.05, 4.69) is 15.3 Å². The highest BCUT2D eigenvalue weighted by atomic mass is 32.1. The molecular weight excluding hydrogens is 630 g/mol. The van der Waals surface area contributed by atoms with Crippen LogP contribution >= 0.6 is 11.3 Å². The second-order valence-electron chi connectivity index (χ2n) is 11.1. The van der Waals surface area contributed by atoms with Gasteiger partial charge in [0.15, 0.2) is 10.9 Å². The van der Waals surface area contributed by atoms with Crippen LogP contribution in [-0.2, 0) is 11.1 Å². The Morgan fingerprint density at radius 2 is 1.96 bits per heavy atom. The zero-order chi connectivity index (χ0) is 33.0. The highest BCUT2D eigenvalue weighted by Crippen LogP contribution is 2.55. The number of thiazole rings is 1. The molecule has 0 saturated heterocycles. The summed E-state index contributed by atoms with van der Waals surface area (Å²) >= 11 is 1.16. The molecule has 2 aliphatic rings. The standard InChI is InChI=1S/C30H29F4N7O4S/c1-44-20-10-16(11-21-24(20)40-27(36)46-21)26(42)38-13-28(43,17-4-5-17)22-12-19-25(23(39-22)15-2-6-18(31)7-3-15)45-14-29(19,30(32,33)34)41(37)9-8-35/h2-3,6-12,17,43H,4-5,13-14,35,37H2,1H3,(H2,36,40)(H,38,42)/b9-8-/t28-,29+/m1/s1. The number of hydrazine groups is 1. The number of hydrogen-bond acceptors (Lipinski definition) is 11. The maximum atomic E-state index is 15.0. The molecule has 0 spiro atoms. The predicted molar refractivity (Wildman–Crippen MR) is 162 cm³/mol. The molecule has 0 unspecified atom stereocenters. The van der Waals surface area contributed by atoms with Crippen molar-refractivity contribution in [2.24, 2.45) is 17.5 Å². The number of ether oxygens (including phenoxy) is 2. The van der Waals surface area contributed by atoms with Crippen LogP contribution in [0.15, 0.2) is 54.9 Å². The third-order valence-electron chi connectivity index (χ3n) is 8.29. The maximum absolute atomic E-state index is 15.0. The third-order valence-corrected chi connectivity index (χ3v) is 9.12. The van der Waals surface area contributed by atoms with Crippen LogP contribution in [0, 0.1) is 11.7 Å². The molecule has 1 aliphatic heterocycles. The summed E-state index contributed by atoms with van der Waals surface area (Å²) in [5.41, 5.74) is 6.70. The van der Waals surface area contributed by atoms with E-state index in [1.165, 1.54) is 25.3 Å². The molecule has 242 valence electrons. The van der Waals surface area contributed by atoms with Gasteiger partial charge in [-0.05, 0) is 61.2 Å². The van der Waals surface area contributed by atoms with Crippen molar-refractivity contribution in [2.75, 3.05) is 26.0 Å². The SMILES string of the molecule is COc1cc(C(=O)NC[C@](O)(c2cc3c(c(-c4ccc(F)cc4)n2)OC[C@@]3(N(N)/C=C\N)C(F)(F)F)C2CC2)cc2sc(N)nc12. The number of methoxy groups -OCH3 is 1. The van der Waals surface area contributed by atoms with E-state index in [1.54, 1.807) is 6.07 Å². The summed E-state index contributed by atoms with van der Waals surface area (Å²) < 4.78 is 70.4. The molecule has 16 heteroatoms. The Hall–Kier alpha value is -4.67. The molecule has 2 aromatic heterocycles. The van der Waals surface area contributed by atoms with Gasteiger partial charge in [-0.15, -0.1) is 0 Å². The second-order valence-corrected chi connectivity index (χ2v) is 12.2. The van der Waals surface area contributed by atoms with E-state index in [4.69, 9.17) is 26.8 Å². The summed E-state index contributed by atoms with van der Waals surface area (Å²) in [5, 5.41) is 15.6. The van der Waals surface area contributed by atoms with Crippen LogP contribution in [0.1, 0.15) is 34.5 Å². The lowest BCUT2D eigenvalue weighted by molar-refractivity contribution is -0.232. The van der Waals surface area contributed by atoms with Crippen molar-refractivity contribution in [3.8, 4) is 22.8 Å². The Morgan fingerprint density at radius 1 is 1.24 bits per heavy atom. The van der Waals surface area contributed by atoms with Gasteiger partial charge in [-0.25, -0.2) is 20.2 Å². The number of carbonyl (C=O) groups excluding carboxylic acids is 1. The number of fused-ring (bicyclic) bond motifs is 2. The zero-order valence-corrected chi connectivity index (χ0v) is 25.1. The topological polar surface area (TPSA) is 175 Å². The summed E-state index contributed by atoms with van der Waals surface area (Å²) in [7, 11) is 1.42. The van der Waals surface area contributed by atoms with Crippen molar-refractivity contribution in [3.63, 3.8) is 0 Å². The van der Waals surface area contributed by atoms with Crippen molar-refractivity contribution in [2.45, 2.75) is 30.2 Å². The summed E-state index contributed by atoms with van der Waals surface area (Å²) in [4.78, 5) is 22.2. The smallest absolute Gasteiger partial charge is 0.420 e. The van der Waals surface area contributed by atoms with Crippen molar-refractivity contribution >= 4 is 32.6 Å². The molecular formula is C30H29F4N7O4S. The number of nitrogens with zero attached hydrogens (tertiary/aromatic N) is 3. The van der Waals surface area contributed by atoms with Gasteiger partial charge in [0.25, 0.3) is 5.91 Å². The first-order chi connectivity index (χ1) is 21.8. The van der Waals surface area contributed by atoms with Gasteiger partial charge in [0.05, 0.1) is 24.0 Å². The number of carbonyl (C=O) groups is 1. The van der Waals surface area contributed by atoms with Crippen LogP contribution in [0.4, 0.5) is 22.7 Å². The minimum atomic E-state index is -4.99. The fourth-order valence-electron chi connectivity index (χ4n) is 5.71. The molecule has 1 fully saturated rings. The normalized spacial score (nSPS) is 19.1. The largest absolute Gasteiger partial charge is 0.494 e. The predicted octanol–water partition coefficient (Wildman–Crippen LogP) is 3.87. The molecule has 1 aliphatic carbocycles.